The van der Waals surface area contributed by atoms with Gasteiger partial charge in [-0.3, -0.25) is 4.79 Å². The highest BCUT2D eigenvalue weighted by Crippen LogP contribution is 2.21. The number of halogens is 1. The highest BCUT2D eigenvalue weighted by molar-refractivity contribution is 6.30. The number of aryl methyl sites for hydroxylation is 1. The van der Waals surface area contributed by atoms with Gasteiger partial charge in [0.15, 0.2) is 0 Å². The molecule has 2 rings (SSSR count). The fraction of sp³-hybridized carbons (Fsp3) is 0.273. The minimum Gasteiger partial charge on any atom is -0.480 e. The smallest absolute Gasteiger partial charge is 0.326 e. The van der Waals surface area contributed by atoms with Crippen molar-refractivity contribution in [1.29, 1.82) is 0 Å². The van der Waals surface area contributed by atoms with Gasteiger partial charge in [0.2, 0.25) is 0 Å². The molecule has 1 aliphatic rings. The second kappa shape index (κ2) is 4.14. The van der Waals surface area contributed by atoms with Crippen LogP contribution >= 0.6 is 11.6 Å². The molecule has 0 saturated carbocycles. The first kappa shape index (κ1) is 11.0. The third-order valence-corrected chi connectivity index (χ3v) is 2.85. The van der Waals surface area contributed by atoms with Crippen LogP contribution in [0.5, 0.6) is 0 Å². The zero-order chi connectivity index (χ0) is 11.7. The molecule has 0 saturated heterocycles. The molecule has 1 aromatic carbocycles. The molecule has 5 heteroatoms. The van der Waals surface area contributed by atoms with E-state index in [0.29, 0.717) is 23.4 Å². The minimum atomic E-state index is -1.01. The predicted octanol–water partition coefficient (Wildman–Crippen LogP) is 1.47. The molecule has 0 fully saturated rings. The second-order valence-electron chi connectivity index (χ2n) is 3.70. The van der Waals surface area contributed by atoms with E-state index in [1.807, 2.05) is 0 Å². The first-order chi connectivity index (χ1) is 7.58. The van der Waals surface area contributed by atoms with Crippen molar-refractivity contribution in [2.75, 3.05) is 0 Å². The minimum absolute atomic E-state index is 0.350. The molecule has 1 aromatic rings. The summed E-state index contributed by atoms with van der Waals surface area (Å²) in [5.41, 5.74) is 1.31. The average Bonchev–Trinajstić information content (AvgIpc) is 2.38. The summed E-state index contributed by atoms with van der Waals surface area (Å²) in [6.45, 7) is 0. The van der Waals surface area contributed by atoms with Crippen LogP contribution in [-0.2, 0) is 11.2 Å². The SMILES string of the molecule is O=C1NC(C(=O)O)CCc2cc(Cl)ccc21. The van der Waals surface area contributed by atoms with Crippen molar-refractivity contribution >= 4 is 23.5 Å². The van der Waals surface area contributed by atoms with E-state index in [2.05, 4.69) is 5.32 Å². The second-order valence-corrected chi connectivity index (χ2v) is 4.14. The van der Waals surface area contributed by atoms with Crippen LogP contribution in [0.3, 0.4) is 0 Å². The van der Waals surface area contributed by atoms with Crippen molar-refractivity contribution in [1.82, 2.24) is 5.32 Å². The lowest BCUT2D eigenvalue weighted by Gasteiger charge is -2.09. The molecule has 1 amide bonds. The number of nitrogens with one attached hydrogen (secondary N) is 1. The molecule has 0 radical (unpaired) electrons. The Morgan fingerprint density at radius 2 is 2.25 bits per heavy atom. The average molecular weight is 240 g/mol. The van der Waals surface area contributed by atoms with Crippen molar-refractivity contribution in [3.8, 4) is 0 Å². The first-order valence-corrected chi connectivity index (χ1v) is 5.28. The van der Waals surface area contributed by atoms with Crippen LogP contribution in [0.4, 0.5) is 0 Å². The standard InChI is InChI=1S/C11H10ClNO3/c12-7-2-3-8-6(5-7)1-4-9(11(15)16)13-10(8)14/h2-3,5,9H,1,4H2,(H,13,14)(H,15,16). The highest BCUT2D eigenvalue weighted by atomic mass is 35.5. The van der Waals surface area contributed by atoms with Gasteiger partial charge in [0.25, 0.3) is 5.91 Å². The van der Waals surface area contributed by atoms with Gasteiger partial charge in [-0.1, -0.05) is 11.6 Å². The molecule has 4 nitrogen and oxygen atoms in total. The number of benzene rings is 1. The van der Waals surface area contributed by atoms with Gasteiger partial charge in [-0.2, -0.15) is 0 Å². The maximum Gasteiger partial charge on any atom is 0.326 e. The van der Waals surface area contributed by atoms with Crippen LogP contribution in [0.15, 0.2) is 18.2 Å². The monoisotopic (exact) mass is 239 g/mol. The van der Waals surface area contributed by atoms with Crippen LogP contribution in [0.25, 0.3) is 0 Å². The van der Waals surface area contributed by atoms with Crippen molar-refractivity contribution in [2.24, 2.45) is 0 Å². The van der Waals surface area contributed by atoms with E-state index in [4.69, 9.17) is 16.7 Å². The van der Waals surface area contributed by atoms with Crippen molar-refractivity contribution < 1.29 is 14.7 Å². The summed E-state index contributed by atoms with van der Waals surface area (Å²) < 4.78 is 0. The van der Waals surface area contributed by atoms with Gasteiger partial charge in [-0.05, 0) is 36.6 Å². The summed E-state index contributed by atoms with van der Waals surface area (Å²) in [6, 6.07) is 4.14. The number of carbonyl (C=O) groups is 2. The van der Waals surface area contributed by atoms with E-state index < -0.39 is 12.0 Å². The molecule has 0 spiro atoms. The molecule has 0 aliphatic carbocycles. The molecule has 84 valence electrons. The van der Waals surface area contributed by atoms with Crippen LogP contribution in [0, 0.1) is 0 Å². The summed E-state index contributed by atoms with van der Waals surface area (Å²) in [5, 5.41) is 11.9. The zero-order valence-corrected chi connectivity index (χ0v) is 9.12. The Morgan fingerprint density at radius 3 is 2.94 bits per heavy atom. The summed E-state index contributed by atoms with van der Waals surface area (Å²) >= 11 is 5.83. The third kappa shape index (κ3) is 2.02. The third-order valence-electron chi connectivity index (χ3n) is 2.62. The summed E-state index contributed by atoms with van der Waals surface area (Å²) in [5.74, 6) is -1.36. The number of fused-ring (bicyclic) bond motifs is 1. The lowest BCUT2D eigenvalue weighted by molar-refractivity contribution is -0.139. The zero-order valence-electron chi connectivity index (χ0n) is 8.37. The van der Waals surface area contributed by atoms with Gasteiger partial charge in [0.1, 0.15) is 6.04 Å². The van der Waals surface area contributed by atoms with Crippen LogP contribution in [0.1, 0.15) is 22.3 Å². The number of hydrogen-bond donors (Lipinski definition) is 2. The predicted molar refractivity (Wildman–Crippen MR) is 58.7 cm³/mol. The number of rotatable bonds is 1. The van der Waals surface area contributed by atoms with E-state index in [9.17, 15) is 9.59 Å². The van der Waals surface area contributed by atoms with Crippen molar-refractivity contribution in [3.05, 3.63) is 34.3 Å². The quantitative estimate of drug-likeness (QED) is 0.780. The molecular formula is C11H10ClNO3. The van der Waals surface area contributed by atoms with E-state index in [1.54, 1.807) is 18.2 Å². The Labute approximate surface area is 97.2 Å². The number of hydrogen-bond acceptors (Lipinski definition) is 2. The number of amides is 1. The summed E-state index contributed by atoms with van der Waals surface area (Å²) in [7, 11) is 0. The molecule has 1 unspecified atom stereocenters. The van der Waals surface area contributed by atoms with Gasteiger partial charge in [0.05, 0.1) is 0 Å². The number of carboxylic acid groups (broad SMARTS) is 1. The van der Waals surface area contributed by atoms with E-state index in [0.717, 1.165) is 5.56 Å². The van der Waals surface area contributed by atoms with E-state index in [1.165, 1.54) is 0 Å². The Bertz CT molecular complexity index is 459. The summed E-state index contributed by atoms with van der Waals surface area (Å²) in [6.07, 6.45) is 0.917. The lowest BCUT2D eigenvalue weighted by atomic mass is 10.0. The Balaban J connectivity index is 2.35. The van der Waals surface area contributed by atoms with Gasteiger partial charge < -0.3 is 10.4 Å². The molecule has 2 N–H and O–H groups in total. The van der Waals surface area contributed by atoms with Crippen LogP contribution in [0.2, 0.25) is 5.02 Å². The molecule has 1 atom stereocenters. The molecule has 1 heterocycles. The molecule has 0 aromatic heterocycles. The van der Waals surface area contributed by atoms with Crippen LogP contribution < -0.4 is 5.32 Å². The fourth-order valence-electron chi connectivity index (χ4n) is 1.78. The maximum absolute atomic E-state index is 11.7. The van der Waals surface area contributed by atoms with Crippen molar-refractivity contribution in [3.63, 3.8) is 0 Å². The normalized spacial score (nSPS) is 19.6. The molecule has 16 heavy (non-hydrogen) atoms. The first-order valence-electron chi connectivity index (χ1n) is 4.90. The number of carbonyl (C=O) groups excluding carboxylic acids is 1. The van der Waals surface area contributed by atoms with Crippen molar-refractivity contribution in [2.45, 2.75) is 18.9 Å². The maximum atomic E-state index is 11.7. The van der Waals surface area contributed by atoms with Gasteiger partial charge in [0, 0.05) is 10.6 Å². The van der Waals surface area contributed by atoms with Crippen LogP contribution in [-0.4, -0.2) is 23.0 Å². The van der Waals surface area contributed by atoms with E-state index in [-0.39, 0.29) is 5.91 Å². The fourth-order valence-corrected chi connectivity index (χ4v) is 1.98. The van der Waals surface area contributed by atoms with Gasteiger partial charge in [-0.25, -0.2) is 4.79 Å². The van der Waals surface area contributed by atoms with Gasteiger partial charge >= 0.3 is 5.97 Å². The Hall–Kier alpha value is -1.55. The molecular weight excluding hydrogens is 230 g/mol. The molecule has 0 bridgehead atoms. The number of aliphatic carboxylic acids is 1. The summed E-state index contributed by atoms with van der Waals surface area (Å²) in [4.78, 5) is 22.5. The Kier molecular flexibility index (Phi) is 2.83. The number of carboxylic acids is 1. The highest BCUT2D eigenvalue weighted by Gasteiger charge is 2.25. The Morgan fingerprint density at radius 1 is 1.50 bits per heavy atom. The largest absolute Gasteiger partial charge is 0.480 e. The van der Waals surface area contributed by atoms with Gasteiger partial charge in [-0.15, -0.1) is 0 Å². The lowest BCUT2D eigenvalue weighted by Crippen LogP contribution is -2.39. The van der Waals surface area contributed by atoms with E-state index >= 15 is 0 Å². The topological polar surface area (TPSA) is 66.4 Å². The molecule has 1 aliphatic heterocycles.